The summed E-state index contributed by atoms with van der Waals surface area (Å²) in [7, 11) is 0. The van der Waals surface area contributed by atoms with Crippen molar-refractivity contribution in [1.29, 1.82) is 0 Å². The largest absolute Gasteiger partial charge is 0.499 e. The summed E-state index contributed by atoms with van der Waals surface area (Å²) in [5.74, 6) is 0. The standard InChI is InChI=1S/C16H30O7/c1-3-17-5-7-19-9-11-21-13-15-23-16-14-22-12-10-20-8-6-18-4-2/h3-4H,1-2,5-16H2. The van der Waals surface area contributed by atoms with Crippen LogP contribution in [0, 0.1) is 0 Å². The van der Waals surface area contributed by atoms with E-state index in [1.165, 1.54) is 12.5 Å². The van der Waals surface area contributed by atoms with E-state index in [4.69, 9.17) is 33.2 Å². The van der Waals surface area contributed by atoms with Gasteiger partial charge in [-0.3, -0.25) is 0 Å². The average Bonchev–Trinajstić information content (AvgIpc) is 2.57. The predicted octanol–water partition coefficient (Wildman–Crippen LogP) is 1.39. The van der Waals surface area contributed by atoms with Crippen molar-refractivity contribution >= 4 is 0 Å². The Bertz CT molecular complexity index is 225. The number of rotatable bonds is 20. The second-order valence-electron chi connectivity index (χ2n) is 4.14. The first-order valence-electron chi connectivity index (χ1n) is 7.75. The minimum Gasteiger partial charge on any atom is -0.499 e. The number of hydrogen-bond acceptors (Lipinski definition) is 7. The van der Waals surface area contributed by atoms with Crippen LogP contribution >= 0.6 is 0 Å². The maximum atomic E-state index is 5.36. The Labute approximate surface area is 139 Å². The molecule has 0 bridgehead atoms. The van der Waals surface area contributed by atoms with E-state index >= 15 is 0 Å². The Morgan fingerprint density at radius 3 is 0.826 bits per heavy atom. The van der Waals surface area contributed by atoms with Gasteiger partial charge in [-0.15, -0.1) is 0 Å². The highest BCUT2D eigenvalue weighted by atomic mass is 16.6. The quantitative estimate of drug-likeness (QED) is 0.246. The maximum Gasteiger partial charge on any atom is 0.111 e. The Morgan fingerprint density at radius 2 is 0.609 bits per heavy atom. The summed E-state index contributed by atoms with van der Waals surface area (Å²) >= 11 is 0. The molecule has 0 amide bonds. The summed E-state index contributed by atoms with van der Waals surface area (Å²) in [6, 6.07) is 0. The highest BCUT2D eigenvalue weighted by Crippen LogP contribution is 1.85. The lowest BCUT2D eigenvalue weighted by molar-refractivity contribution is -0.0158. The molecule has 0 saturated carbocycles. The minimum absolute atomic E-state index is 0.514. The molecule has 0 atom stereocenters. The summed E-state index contributed by atoms with van der Waals surface area (Å²) in [6.45, 7) is 13.3. The predicted molar refractivity (Wildman–Crippen MR) is 86.4 cm³/mol. The molecule has 0 aromatic rings. The van der Waals surface area contributed by atoms with Crippen molar-refractivity contribution in [3.8, 4) is 0 Å². The van der Waals surface area contributed by atoms with Gasteiger partial charge in [0.1, 0.15) is 13.2 Å². The van der Waals surface area contributed by atoms with Crippen LogP contribution < -0.4 is 0 Å². The maximum absolute atomic E-state index is 5.36. The summed E-state index contributed by atoms with van der Waals surface area (Å²) < 4.78 is 36.4. The van der Waals surface area contributed by atoms with Gasteiger partial charge in [-0.05, 0) is 0 Å². The first-order chi connectivity index (χ1) is 11.4. The van der Waals surface area contributed by atoms with Crippen molar-refractivity contribution in [3.63, 3.8) is 0 Å². The van der Waals surface area contributed by atoms with Crippen molar-refractivity contribution in [3.05, 3.63) is 25.7 Å². The van der Waals surface area contributed by atoms with E-state index in [0.717, 1.165) is 0 Å². The molecule has 7 heteroatoms. The molecule has 0 radical (unpaired) electrons. The summed E-state index contributed by atoms with van der Waals surface area (Å²) in [6.07, 6.45) is 2.79. The summed E-state index contributed by atoms with van der Waals surface area (Å²) in [4.78, 5) is 0. The van der Waals surface area contributed by atoms with E-state index in [0.29, 0.717) is 79.3 Å². The Morgan fingerprint density at radius 1 is 0.391 bits per heavy atom. The van der Waals surface area contributed by atoms with Gasteiger partial charge >= 0.3 is 0 Å². The smallest absolute Gasteiger partial charge is 0.111 e. The molecule has 0 rings (SSSR count). The van der Waals surface area contributed by atoms with E-state index < -0.39 is 0 Å². The first-order valence-corrected chi connectivity index (χ1v) is 7.75. The SMILES string of the molecule is C=COCCOCCOCCOCCOCCOCCOC=C. The van der Waals surface area contributed by atoms with Gasteiger partial charge in [0, 0.05) is 0 Å². The molecule has 0 aliphatic carbocycles. The third-order valence-corrected chi connectivity index (χ3v) is 2.41. The van der Waals surface area contributed by atoms with Crippen molar-refractivity contribution in [2.45, 2.75) is 0 Å². The van der Waals surface area contributed by atoms with Crippen LogP contribution in [0.1, 0.15) is 0 Å². The second-order valence-corrected chi connectivity index (χ2v) is 4.14. The van der Waals surface area contributed by atoms with Crippen LogP contribution in [0.5, 0.6) is 0 Å². The topological polar surface area (TPSA) is 64.6 Å². The van der Waals surface area contributed by atoms with Gasteiger partial charge in [0.05, 0.1) is 78.6 Å². The van der Waals surface area contributed by atoms with Crippen molar-refractivity contribution in [2.24, 2.45) is 0 Å². The number of hydrogen-bond donors (Lipinski definition) is 0. The van der Waals surface area contributed by atoms with Gasteiger partial charge in [-0.25, -0.2) is 0 Å². The molecule has 0 aliphatic heterocycles. The summed E-state index contributed by atoms with van der Waals surface area (Å²) in [5, 5.41) is 0. The van der Waals surface area contributed by atoms with Gasteiger partial charge in [-0.2, -0.15) is 0 Å². The number of ether oxygens (including phenoxy) is 7. The molecule has 0 fully saturated rings. The van der Waals surface area contributed by atoms with Gasteiger partial charge in [0.2, 0.25) is 0 Å². The van der Waals surface area contributed by atoms with Gasteiger partial charge < -0.3 is 33.2 Å². The van der Waals surface area contributed by atoms with Crippen LogP contribution in [0.3, 0.4) is 0 Å². The van der Waals surface area contributed by atoms with E-state index in [1.54, 1.807) is 0 Å². The van der Waals surface area contributed by atoms with E-state index in [9.17, 15) is 0 Å². The van der Waals surface area contributed by atoms with Gasteiger partial charge in [0.25, 0.3) is 0 Å². The molecule has 0 aromatic heterocycles. The zero-order valence-corrected chi connectivity index (χ0v) is 13.9. The zero-order valence-electron chi connectivity index (χ0n) is 13.9. The lowest BCUT2D eigenvalue weighted by Gasteiger charge is -2.08. The Kier molecular flexibility index (Phi) is 19.9. The molecule has 0 unspecified atom stereocenters. The summed E-state index contributed by atoms with van der Waals surface area (Å²) in [5.41, 5.74) is 0. The molecular weight excluding hydrogens is 304 g/mol. The van der Waals surface area contributed by atoms with Crippen LogP contribution in [0.15, 0.2) is 25.7 Å². The molecule has 0 aromatic carbocycles. The molecular formula is C16H30O7. The van der Waals surface area contributed by atoms with Crippen molar-refractivity contribution < 1.29 is 33.2 Å². The average molecular weight is 334 g/mol. The third kappa shape index (κ3) is 20.9. The molecule has 0 spiro atoms. The zero-order chi connectivity index (χ0) is 16.8. The Hall–Kier alpha value is -1.12. The lowest BCUT2D eigenvalue weighted by Crippen LogP contribution is -2.14. The van der Waals surface area contributed by atoms with Crippen LogP contribution in [-0.4, -0.2) is 79.3 Å². The van der Waals surface area contributed by atoms with Gasteiger partial charge in [0.15, 0.2) is 0 Å². The molecule has 0 aliphatic rings. The normalized spacial score (nSPS) is 10.4. The minimum atomic E-state index is 0.514. The van der Waals surface area contributed by atoms with E-state index in [1.807, 2.05) is 0 Å². The molecule has 136 valence electrons. The molecule has 0 saturated heterocycles. The van der Waals surface area contributed by atoms with Crippen LogP contribution in [0.25, 0.3) is 0 Å². The molecule has 7 nitrogen and oxygen atoms in total. The van der Waals surface area contributed by atoms with Gasteiger partial charge in [-0.1, -0.05) is 13.2 Å². The van der Waals surface area contributed by atoms with Crippen molar-refractivity contribution in [1.82, 2.24) is 0 Å². The van der Waals surface area contributed by atoms with Crippen molar-refractivity contribution in [2.75, 3.05) is 79.3 Å². The first kappa shape index (κ1) is 21.9. The highest BCUT2D eigenvalue weighted by Gasteiger charge is 1.93. The van der Waals surface area contributed by atoms with Crippen LogP contribution in [-0.2, 0) is 33.2 Å². The fraction of sp³-hybridized carbons (Fsp3) is 0.750. The van der Waals surface area contributed by atoms with E-state index in [-0.39, 0.29) is 0 Å². The molecule has 0 heterocycles. The van der Waals surface area contributed by atoms with Crippen LogP contribution in [0.2, 0.25) is 0 Å². The van der Waals surface area contributed by atoms with E-state index in [2.05, 4.69) is 13.2 Å². The third-order valence-electron chi connectivity index (χ3n) is 2.41. The molecule has 23 heavy (non-hydrogen) atoms. The monoisotopic (exact) mass is 334 g/mol. The fourth-order valence-corrected chi connectivity index (χ4v) is 1.36. The Balaban J connectivity index is 2.94. The lowest BCUT2D eigenvalue weighted by atomic mass is 10.7. The fourth-order valence-electron chi connectivity index (χ4n) is 1.36. The second kappa shape index (κ2) is 20.9. The molecule has 0 N–H and O–H groups in total. The highest BCUT2D eigenvalue weighted by molar-refractivity contribution is 4.48. The van der Waals surface area contributed by atoms with Crippen LogP contribution in [0.4, 0.5) is 0 Å².